The van der Waals surface area contributed by atoms with Crippen molar-refractivity contribution in [1.82, 2.24) is 4.90 Å². The van der Waals surface area contributed by atoms with E-state index in [-0.39, 0.29) is 6.61 Å². The number of aliphatic hydroxyl groups is 2. The Morgan fingerprint density at radius 3 is 2.50 bits per heavy atom. The normalized spacial score (nSPS) is 14.1. The SMILES string of the molecule is CCCN(C)C[C@H](O)CO. The summed E-state index contributed by atoms with van der Waals surface area (Å²) in [6, 6.07) is 0. The zero-order valence-electron chi connectivity index (χ0n) is 6.75. The monoisotopic (exact) mass is 147 g/mol. The minimum absolute atomic E-state index is 0.145. The van der Waals surface area contributed by atoms with E-state index in [9.17, 15) is 0 Å². The minimum Gasteiger partial charge on any atom is -0.394 e. The fraction of sp³-hybridized carbons (Fsp3) is 1.00. The molecule has 0 saturated carbocycles. The second kappa shape index (κ2) is 5.65. The van der Waals surface area contributed by atoms with Gasteiger partial charge < -0.3 is 15.1 Å². The smallest absolute Gasteiger partial charge is 0.0897 e. The second-order valence-electron chi connectivity index (χ2n) is 2.60. The maximum atomic E-state index is 8.96. The van der Waals surface area contributed by atoms with Crippen molar-refractivity contribution in [2.24, 2.45) is 0 Å². The maximum Gasteiger partial charge on any atom is 0.0897 e. The highest BCUT2D eigenvalue weighted by atomic mass is 16.3. The van der Waals surface area contributed by atoms with Crippen molar-refractivity contribution < 1.29 is 10.2 Å². The lowest BCUT2D eigenvalue weighted by Gasteiger charge is -2.17. The number of hydrogen-bond acceptors (Lipinski definition) is 3. The van der Waals surface area contributed by atoms with Crippen LogP contribution in [-0.4, -0.2) is 48.0 Å². The predicted molar refractivity (Wildman–Crippen MR) is 40.9 cm³/mol. The van der Waals surface area contributed by atoms with Gasteiger partial charge in [-0.1, -0.05) is 6.92 Å². The molecule has 0 aromatic heterocycles. The fourth-order valence-electron chi connectivity index (χ4n) is 0.891. The molecular formula is C7H17NO2. The Morgan fingerprint density at radius 2 is 2.10 bits per heavy atom. The Labute approximate surface area is 62.3 Å². The molecule has 62 valence electrons. The van der Waals surface area contributed by atoms with Crippen LogP contribution in [0.3, 0.4) is 0 Å². The van der Waals surface area contributed by atoms with Gasteiger partial charge in [-0.25, -0.2) is 0 Å². The lowest BCUT2D eigenvalue weighted by Crippen LogP contribution is -2.31. The van der Waals surface area contributed by atoms with Crippen molar-refractivity contribution >= 4 is 0 Å². The number of aliphatic hydroxyl groups excluding tert-OH is 2. The predicted octanol–water partition coefficient (Wildman–Crippen LogP) is -0.319. The van der Waals surface area contributed by atoms with E-state index in [0.29, 0.717) is 6.54 Å². The third kappa shape index (κ3) is 4.73. The van der Waals surface area contributed by atoms with Crippen LogP contribution in [0, 0.1) is 0 Å². The molecule has 3 heteroatoms. The molecule has 0 bridgehead atoms. The van der Waals surface area contributed by atoms with Gasteiger partial charge in [-0.3, -0.25) is 0 Å². The van der Waals surface area contributed by atoms with Crippen LogP contribution in [0.15, 0.2) is 0 Å². The fourth-order valence-corrected chi connectivity index (χ4v) is 0.891. The second-order valence-corrected chi connectivity index (χ2v) is 2.60. The average Bonchev–Trinajstić information content (AvgIpc) is 1.88. The van der Waals surface area contributed by atoms with Gasteiger partial charge in [-0.15, -0.1) is 0 Å². The van der Waals surface area contributed by atoms with Crippen molar-refractivity contribution in [3.05, 3.63) is 0 Å². The van der Waals surface area contributed by atoms with Crippen molar-refractivity contribution in [3.63, 3.8) is 0 Å². The molecule has 3 nitrogen and oxygen atoms in total. The largest absolute Gasteiger partial charge is 0.394 e. The third-order valence-corrected chi connectivity index (χ3v) is 1.34. The average molecular weight is 147 g/mol. The van der Waals surface area contributed by atoms with Gasteiger partial charge >= 0.3 is 0 Å². The number of nitrogens with zero attached hydrogens (tertiary/aromatic N) is 1. The summed E-state index contributed by atoms with van der Waals surface area (Å²) in [5.41, 5.74) is 0. The molecule has 0 saturated heterocycles. The Hall–Kier alpha value is -0.120. The van der Waals surface area contributed by atoms with Gasteiger partial charge in [-0.2, -0.15) is 0 Å². The van der Waals surface area contributed by atoms with Gasteiger partial charge in [0.1, 0.15) is 0 Å². The highest BCUT2D eigenvalue weighted by Crippen LogP contribution is 1.89. The van der Waals surface area contributed by atoms with Crippen LogP contribution in [0.5, 0.6) is 0 Å². The topological polar surface area (TPSA) is 43.7 Å². The first kappa shape index (κ1) is 9.88. The summed E-state index contributed by atoms with van der Waals surface area (Å²) < 4.78 is 0. The van der Waals surface area contributed by atoms with Crippen molar-refractivity contribution in [2.75, 3.05) is 26.7 Å². The third-order valence-electron chi connectivity index (χ3n) is 1.34. The van der Waals surface area contributed by atoms with Crippen LogP contribution in [0.25, 0.3) is 0 Å². The molecule has 0 rings (SSSR count). The molecule has 10 heavy (non-hydrogen) atoms. The Balaban J connectivity index is 3.27. The molecule has 0 unspecified atom stereocenters. The van der Waals surface area contributed by atoms with Gasteiger partial charge in [0.2, 0.25) is 0 Å². The molecule has 0 aromatic carbocycles. The first-order valence-electron chi connectivity index (χ1n) is 3.68. The summed E-state index contributed by atoms with van der Waals surface area (Å²) in [4.78, 5) is 2.00. The van der Waals surface area contributed by atoms with Gasteiger partial charge in [0, 0.05) is 6.54 Å². The molecule has 0 heterocycles. The van der Waals surface area contributed by atoms with Crippen LogP contribution >= 0.6 is 0 Å². The van der Waals surface area contributed by atoms with E-state index in [0.717, 1.165) is 13.0 Å². The van der Waals surface area contributed by atoms with E-state index >= 15 is 0 Å². The van der Waals surface area contributed by atoms with E-state index in [1.807, 2.05) is 11.9 Å². The van der Waals surface area contributed by atoms with Gasteiger partial charge in [0.25, 0.3) is 0 Å². The van der Waals surface area contributed by atoms with Crippen LogP contribution in [0.4, 0.5) is 0 Å². The summed E-state index contributed by atoms with van der Waals surface area (Å²) in [6.07, 6.45) is 0.491. The molecule has 0 aliphatic rings. The molecule has 0 radical (unpaired) electrons. The van der Waals surface area contributed by atoms with E-state index < -0.39 is 6.10 Å². The highest BCUT2D eigenvalue weighted by molar-refractivity contribution is 4.58. The standard InChI is InChI=1S/C7H17NO2/c1-3-4-8(2)5-7(10)6-9/h7,9-10H,3-6H2,1-2H3/t7-/m0/s1. The molecule has 0 aliphatic heterocycles. The first-order valence-corrected chi connectivity index (χ1v) is 3.68. The summed E-state index contributed by atoms with van der Waals surface area (Å²) in [7, 11) is 1.93. The van der Waals surface area contributed by atoms with E-state index in [1.54, 1.807) is 0 Å². The van der Waals surface area contributed by atoms with Gasteiger partial charge in [0.05, 0.1) is 12.7 Å². The van der Waals surface area contributed by atoms with E-state index in [4.69, 9.17) is 10.2 Å². The Kier molecular flexibility index (Phi) is 5.58. The molecule has 1 atom stereocenters. The van der Waals surface area contributed by atoms with Gasteiger partial charge in [-0.05, 0) is 20.0 Å². The summed E-state index contributed by atoms with van der Waals surface area (Å²) >= 11 is 0. The number of rotatable bonds is 5. The van der Waals surface area contributed by atoms with E-state index in [1.165, 1.54) is 0 Å². The Morgan fingerprint density at radius 1 is 1.50 bits per heavy atom. The van der Waals surface area contributed by atoms with Crippen LogP contribution in [-0.2, 0) is 0 Å². The number of likely N-dealkylation sites (N-methyl/N-ethyl adjacent to an activating group) is 1. The molecule has 2 N–H and O–H groups in total. The lowest BCUT2D eigenvalue weighted by molar-refractivity contribution is 0.0667. The molecule has 0 spiro atoms. The molecular weight excluding hydrogens is 130 g/mol. The van der Waals surface area contributed by atoms with Crippen molar-refractivity contribution in [1.29, 1.82) is 0 Å². The zero-order chi connectivity index (χ0) is 7.98. The molecule has 0 aliphatic carbocycles. The van der Waals surface area contributed by atoms with E-state index in [2.05, 4.69) is 6.92 Å². The highest BCUT2D eigenvalue weighted by Gasteiger charge is 2.04. The summed E-state index contributed by atoms with van der Waals surface area (Å²) in [5.74, 6) is 0. The van der Waals surface area contributed by atoms with Crippen molar-refractivity contribution in [2.45, 2.75) is 19.4 Å². The molecule has 0 aromatic rings. The van der Waals surface area contributed by atoms with Crippen LogP contribution in [0.1, 0.15) is 13.3 Å². The van der Waals surface area contributed by atoms with Crippen molar-refractivity contribution in [3.8, 4) is 0 Å². The zero-order valence-corrected chi connectivity index (χ0v) is 6.75. The first-order chi connectivity index (χ1) is 4.70. The lowest BCUT2D eigenvalue weighted by atomic mass is 10.3. The summed E-state index contributed by atoms with van der Waals surface area (Å²) in [6.45, 7) is 3.47. The van der Waals surface area contributed by atoms with Crippen LogP contribution in [0.2, 0.25) is 0 Å². The summed E-state index contributed by atoms with van der Waals surface area (Å²) in [5, 5.41) is 17.4. The molecule has 0 fully saturated rings. The van der Waals surface area contributed by atoms with Crippen LogP contribution < -0.4 is 0 Å². The minimum atomic E-state index is -0.587. The maximum absolute atomic E-state index is 8.96. The number of hydrogen-bond donors (Lipinski definition) is 2. The quantitative estimate of drug-likeness (QED) is 0.560. The Bertz CT molecular complexity index is 78.0. The van der Waals surface area contributed by atoms with Gasteiger partial charge in [0.15, 0.2) is 0 Å². The molecule has 0 amide bonds.